The van der Waals surface area contributed by atoms with E-state index in [-0.39, 0.29) is 10.9 Å². The molecule has 1 aliphatic rings. The molecule has 27 heavy (non-hydrogen) atoms. The first-order chi connectivity index (χ1) is 13.0. The maximum atomic E-state index is 12.5. The van der Waals surface area contributed by atoms with Crippen LogP contribution in [0.1, 0.15) is 19.3 Å². The third-order valence-corrected chi connectivity index (χ3v) is 5.80. The zero-order valence-electron chi connectivity index (χ0n) is 15.1. The predicted octanol–water partition coefficient (Wildman–Crippen LogP) is 3.51. The van der Waals surface area contributed by atoms with Gasteiger partial charge in [0.2, 0.25) is 0 Å². The van der Waals surface area contributed by atoms with E-state index in [1.807, 2.05) is 0 Å². The van der Waals surface area contributed by atoms with Crippen LogP contribution in [0.2, 0.25) is 0 Å². The lowest BCUT2D eigenvalue weighted by Crippen LogP contribution is -2.38. The molecule has 0 aromatic heterocycles. The van der Waals surface area contributed by atoms with Crippen LogP contribution in [0.15, 0.2) is 53.4 Å². The summed E-state index contributed by atoms with van der Waals surface area (Å²) in [4.78, 5) is 14.1. The summed E-state index contributed by atoms with van der Waals surface area (Å²) in [5.41, 5.74) is 1.01. The molecule has 144 valence electrons. The van der Waals surface area contributed by atoms with Gasteiger partial charge in [-0.1, -0.05) is 0 Å². The molecule has 0 spiro atoms. The van der Waals surface area contributed by atoms with Gasteiger partial charge in [-0.25, -0.2) is 13.2 Å². The fourth-order valence-electron chi connectivity index (χ4n) is 2.89. The maximum absolute atomic E-state index is 12.5. The van der Waals surface area contributed by atoms with Gasteiger partial charge in [0, 0.05) is 24.5 Å². The summed E-state index contributed by atoms with van der Waals surface area (Å²) in [5.74, 6) is 0.645. The van der Waals surface area contributed by atoms with E-state index in [0.717, 1.165) is 32.4 Å². The average molecular weight is 389 g/mol. The summed E-state index contributed by atoms with van der Waals surface area (Å²) in [6, 6.07) is 12.6. The molecule has 2 amide bonds. The Morgan fingerprint density at radius 2 is 1.52 bits per heavy atom. The van der Waals surface area contributed by atoms with Crippen molar-refractivity contribution in [2.24, 2.45) is 0 Å². The van der Waals surface area contributed by atoms with Crippen LogP contribution >= 0.6 is 0 Å². The lowest BCUT2D eigenvalue weighted by Gasteiger charge is -2.26. The maximum Gasteiger partial charge on any atom is 0.321 e. The lowest BCUT2D eigenvalue weighted by atomic mass is 10.1. The smallest absolute Gasteiger partial charge is 0.321 e. The second kappa shape index (κ2) is 8.30. The average Bonchev–Trinajstić information content (AvgIpc) is 2.69. The highest BCUT2D eigenvalue weighted by atomic mass is 32.2. The zero-order valence-corrected chi connectivity index (χ0v) is 16.0. The van der Waals surface area contributed by atoms with Crippen molar-refractivity contribution in [2.75, 3.05) is 30.2 Å². The summed E-state index contributed by atoms with van der Waals surface area (Å²) in [5, 5.41) is 2.81. The van der Waals surface area contributed by atoms with Crippen molar-refractivity contribution in [1.29, 1.82) is 0 Å². The minimum atomic E-state index is -3.71. The fraction of sp³-hybridized carbons (Fsp3) is 0.316. The van der Waals surface area contributed by atoms with Crippen molar-refractivity contribution in [2.45, 2.75) is 24.2 Å². The highest BCUT2D eigenvalue weighted by molar-refractivity contribution is 7.92. The van der Waals surface area contributed by atoms with Gasteiger partial charge in [-0.3, -0.25) is 4.72 Å². The Morgan fingerprint density at radius 1 is 0.926 bits per heavy atom. The van der Waals surface area contributed by atoms with Crippen LogP contribution in [0.3, 0.4) is 0 Å². The molecule has 0 aliphatic carbocycles. The van der Waals surface area contributed by atoms with E-state index in [1.54, 1.807) is 48.4 Å². The number of likely N-dealkylation sites (tertiary alicyclic amines) is 1. The number of hydrogen-bond acceptors (Lipinski definition) is 4. The molecule has 0 bridgehead atoms. The molecular formula is C19H23N3O4S. The Bertz CT molecular complexity index is 874. The number of nitrogens with one attached hydrogen (secondary N) is 2. The Balaban J connectivity index is 1.65. The summed E-state index contributed by atoms with van der Waals surface area (Å²) >= 11 is 0. The molecule has 0 radical (unpaired) electrons. The van der Waals surface area contributed by atoms with Gasteiger partial charge in [0.25, 0.3) is 10.0 Å². The number of carbonyl (C=O) groups excluding carboxylic acids is 1. The number of urea groups is 1. The van der Waals surface area contributed by atoms with Crippen molar-refractivity contribution >= 4 is 27.4 Å². The highest BCUT2D eigenvalue weighted by Gasteiger charge is 2.17. The van der Waals surface area contributed by atoms with Crippen molar-refractivity contribution in [3.8, 4) is 5.75 Å². The molecule has 8 heteroatoms. The first-order valence-electron chi connectivity index (χ1n) is 8.81. The molecule has 0 atom stereocenters. The number of carbonyl (C=O) groups is 1. The van der Waals surface area contributed by atoms with Gasteiger partial charge in [0.15, 0.2) is 0 Å². The van der Waals surface area contributed by atoms with Gasteiger partial charge in [0.1, 0.15) is 5.75 Å². The first-order valence-corrected chi connectivity index (χ1v) is 10.3. The van der Waals surface area contributed by atoms with Gasteiger partial charge in [-0.05, 0) is 67.8 Å². The monoisotopic (exact) mass is 389 g/mol. The van der Waals surface area contributed by atoms with E-state index < -0.39 is 10.0 Å². The van der Waals surface area contributed by atoms with Crippen LogP contribution in [0.4, 0.5) is 16.2 Å². The van der Waals surface area contributed by atoms with E-state index in [9.17, 15) is 13.2 Å². The number of rotatable bonds is 5. The van der Waals surface area contributed by atoms with Gasteiger partial charge >= 0.3 is 6.03 Å². The predicted molar refractivity (Wildman–Crippen MR) is 105 cm³/mol. The normalized spacial score (nSPS) is 14.5. The molecule has 1 aliphatic heterocycles. The number of ether oxygens (including phenoxy) is 1. The standard InChI is InChI=1S/C19H23N3O4S/c1-26-17-9-5-16(6-10-17)21-27(24,25)18-11-7-15(8-12-18)20-19(23)22-13-3-2-4-14-22/h5-12,21H,2-4,13-14H2,1H3,(H,20,23). The van der Waals surface area contributed by atoms with E-state index >= 15 is 0 Å². The summed E-state index contributed by atoms with van der Waals surface area (Å²) in [6.07, 6.45) is 3.18. The molecular weight excluding hydrogens is 366 g/mol. The molecule has 7 nitrogen and oxygen atoms in total. The Kier molecular flexibility index (Phi) is 5.85. The summed E-state index contributed by atoms with van der Waals surface area (Å²) in [7, 11) is -2.17. The van der Waals surface area contributed by atoms with Crippen LogP contribution in [-0.4, -0.2) is 39.5 Å². The Hall–Kier alpha value is -2.74. The number of methoxy groups -OCH3 is 1. The number of hydrogen-bond donors (Lipinski definition) is 2. The number of benzene rings is 2. The van der Waals surface area contributed by atoms with Crippen molar-refractivity contribution in [1.82, 2.24) is 4.90 Å². The number of nitrogens with zero attached hydrogens (tertiary/aromatic N) is 1. The molecule has 3 rings (SSSR count). The number of piperidine rings is 1. The third kappa shape index (κ3) is 4.91. The lowest BCUT2D eigenvalue weighted by molar-refractivity contribution is 0.200. The number of sulfonamides is 1. The number of amides is 2. The molecule has 0 unspecified atom stereocenters. The SMILES string of the molecule is COc1ccc(NS(=O)(=O)c2ccc(NC(=O)N3CCCCC3)cc2)cc1. The zero-order chi connectivity index (χ0) is 19.3. The molecule has 0 saturated carbocycles. The largest absolute Gasteiger partial charge is 0.497 e. The van der Waals surface area contributed by atoms with Gasteiger partial charge in [-0.15, -0.1) is 0 Å². The molecule has 1 fully saturated rings. The first kappa shape index (κ1) is 19.0. The van der Waals surface area contributed by atoms with E-state index in [4.69, 9.17) is 4.74 Å². The van der Waals surface area contributed by atoms with Crippen molar-refractivity contribution in [3.05, 3.63) is 48.5 Å². The highest BCUT2D eigenvalue weighted by Crippen LogP contribution is 2.21. The molecule has 2 aromatic carbocycles. The van der Waals surface area contributed by atoms with Crippen molar-refractivity contribution in [3.63, 3.8) is 0 Å². The second-order valence-corrected chi connectivity index (χ2v) is 8.02. The Labute approximate surface area is 159 Å². The summed E-state index contributed by atoms with van der Waals surface area (Å²) < 4.78 is 32.6. The van der Waals surface area contributed by atoms with Crippen LogP contribution in [0.25, 0.3) is 0 Å². The Morgan fingerprint density at radius 3 is 2.11 bits per heavy atom. The van der Waals surface area contributed by atoms with Gasteiger partial charge < -0.3 is 15.0 Å². The fourth-order valence-corrected chi connectivity index (χ4v) is 3.95. The van der Waals surface area contributed by atoms with Crippen LogP contribution in [0.5, 0.6) is 5.75 Å². The van der Waals surface area contributed by atoms with E-state index in [2.05, 4.69) is 10.0 Å². The summed E-state index contributed by atoms with van der Waals surface area (Å²) in [6.45, 7) is 1.51. The van der Waals surface area contributed by atoms with E-state index in [1.165, 1.54) is 12.1 Å². The molecule has 2 N–H and O–H groups in total. The minimum Gasteiger partial charge on any atom is -0.497 e. The van der Waals surface area contributed by atoms with E-state index in [0.29, 0.717) is 17.1 Å². The van der Waals surface area contributed by atoms with Crippen LogP contribution in [-0.2, 0) is 10.0 Å². The molecule has 1 heterocycles. The number of anilines is 2. The van der Waals surface area contributed by atoms with Gasteiger partial charge in [-0.2, -0.15) is 0 Å². The molecule has 2 aromatic rings. The van der Waals surface area contributed by atoms with Crippen LogP contribution < -0.4 is 14.8 Å². The quantitative estimate of drug-likeness (QED) is 0.819. The van der Waals surface area contributed by atoms with Gasteiger partial charge in [0.05, 0.1) is 12.0 Å². The topological polar surface area (TPSA) is 87.7 Å². The van der Waals surface area contributed by atoms with Crippen LogP contribution in [0, 0.1) is 0 Å². The third-order valence-electron chi connectivity index (χ3n) is 4.40. The minimum absolute atomic E-state index is 0.120. The second-order valence-electron chi connectivity index (χ2n) is 6.34. The molecule has 1 saturated heterocycles. The van der Waals surface area contributed by atoms with Crippen molar-refractivity contribution < 1.29 is 17.9 Å².